The maximum Gasteiger partial charge on any atom is 0.269 e. The first kappa shape index (κ1) is 28.1. The second kappa shape index (κ2) is 16.5. The number of rotatable bonds is 18. The van der Waals surface area contributed by atoms with Gasteiger partial charge in [0, 0.05) is 44.1 Å². The summed E-state index contributed by atoms with van der Waals surface area (Å²) in [5.41, 5.74) is 2.05. The van der Waals surface area contributed by atoms with Crippen LogP contribution < -0.4 is 9.64 Å². The zero-order valence-corrected chi connectivity index (χ0v) is 20.6. The lowest BCUT2D eigenvalue weighted by atomic mass is 10.2. The Kier molecular flexibility index (Phi) is 13.3. The van der Waals surface area contributed by atoms with E-state index in [4.69, 9.17) is 23.7 Å². The number of likely N-dealkylation sites (N-methyl/N-ethyl adjacent to an activating group) is 1. The number of nitro groups is 1. The number of ether oxygens (including phenoxy) is 5. The van der Waals surface area contributed by atoms with E-state index in [1.54, 1.807) is 26.4 Å². The van der Waals surface area contributed by atoms with Crippen LogP contribution in [-0.4, -0.2) is 78.5 Å². The van der Waals surface area contributed by atoms with Crippen molar-refractivity contribution in [3.8, 4) is 5.75 Å². The average Bonchev–Trinajstić information content (AvgIpc) is 2.88. The van der Waals surface area contributed by atoms with Crippen molar-refractivity contribution >= 4 is 22.7 Å². The number of anilines is 1. The van der Waals surface area contributed by atoms with Gasteiger partial charge in [0.25, 0.3) is 5.69 Å². The second-order valence-electron chi connectivity index (χ2n) is 7.24. The summed E-state index contributed by atoms with van der Waals surface area (Å²) in [6, 6.07) is 11.5. The zero-order chi connectivity index (χ0) is 25.3. The van der Waals surface area contributed by atoms with Crippen molar-refractivity contribution in [1.82, 2.24) is 0 Å². The summed E-state index contributed by atoms with van der Waals surface area (Å²) in [6.45, 7) is 7.39. The number of methoxy groups -OCH3 is 2. The Morgan fingerprint density at radius 3 is 2.06 bits per heavy atom. The number of hydrogen-bond donors (Lipinski definition) is 0. The molecule has 0 atom stereocenters. The monoisotopic (exact) mass is 490 g/mol. The molecule has 192 valence electrons. The van der Waals surface area contributed by atoms with Crippen molar-refractivity contribution in [1.29, 1.82) is 0 Å². The molecule has 0 aromatic heterocycles. The van der Waals surface area contributed by atoms with E-state index in [0.717, 1.165) is 12.2 Å². The van der Waals surface area contributed by atoms with Gasteiger partial charge in [-0.25, -0.2) is 0 Å². The summed E-state index contributed by atoms with van der Waals surface area (Å²) in [5, 5.41) is 19.2. The highest BCUT2D eigenvalue weighted by atomic mass is 16.6. The van der Waals surface area contributed by atoms with E-state index in [9.17, 15) is 10.1 Å². The van der Waals surface area contributed by atoms with Crippen molar-refractivity contribution in [2.24, 2.45) is 10.2 Å². The highest BCUT2D eigenvalue weighted by molar-refractivity contribution is 5.62. The Labute approximate surface area is 205 Å². The summed E-state index contributed by atoms with van der Waals surface area (Å²) in [7, 11) is 3.22. The Bertz CT molecular complexity index is 909. The number of nitrogens with zero attached hydrogens (tertiary/aromatic N) is 4. The van der Waals surface area contributed by atoms with Crippen LogP contribution >= 0.6 is 0 Å². The van der Waals surface area contributed by atoms with E-state index in [2.05, 4.69) is 22.1 Å². The average molecular weight is 491 g/mol. The van der Waals surface area contributed by atoms with E-state index >= 15 is 0 Å². The van der Waals surface area contributed by atoms with Crippen LogP contribution in [0, 0.1) is 10.1 Å². The third-order valence-corrected chi connectivity index (χ3v) is 4.93. The zero-order valence-electron chi connectivity index (χ0n) is 20.6. The predicted molar refractivity (Wildman–Crippen MR) is 132 cm³/mol. The van der Waals surface area contributed by atoms with Crippen LogP contribution in [0.2, 0.25) is 0 Å². The predicted octanol–water partition coefficient (Wildman–Crippen LogP) is 4.54. The molecule has 0 spiro atoms. The van der Waals surface area contributed by atoms with E-state index in [-0.39, 0.29) is 5.69 Å². The van der Waals surface area contributed by atoms with Crippen molar-refractivity contribution in [2.75, 3.05) is 78.5 Å². The molecule has 2 rings (SSSR count). The summed E-state index contributed by atoms with van der Waals surface area (Å²) in [5.74, 6) is 0.577. The van der Waals surface area contributed by atoms with Gasteiger partial charge in [0.15, 0.2) is 0 Å². The lowest BCUT2D eigenvalue weighted by Crippen LogP contribution is -2.27. The van der Waals surface area contributed by atoms with E-state index in [1.807, 2.05) is 18.2 Å². The molecular formula is C24H34N4O7. The molecular weight excluding hydrogens is 456 g/mol. The van der Waals surface area contributed by atoms with Gasteiger partial charge in [-0.05, 0) is 31.2 Å². The molecule has 0 aliphatic heterocycles. The number of non-ortho nitro benzene ring substituents is 1. The van der Waals surface area contributed by atoms with Crippen LogP contribution in [0.4, 0.5) is 22.7 Å². The largest absolute Gasteiger partial charge is 0.494 e. The molecule has 0 saturated heterocycles. The number of benzene rings is 2. The minimum absolute atomic E-state index is 0.00497. The van der Waals surface area contributed by atoms with Gasteiger partial charge >= 0.3 is 0 Å². The Balaban J connectivity index is 1.80. The first-order chi connectivity index (χ1) is 17.1. The molecule has 2 aromatic carbocycles. The first-order valence-electron chi connectivity index (χ1n) is 11.4. The second-order valence-corrected chi connectivity index (χ2v) is 7.24. The minimum Gasteiger partial charge on any atom is -0.494 e. The van der Waals surface area contributed by atoms with Crippen LogP contribution in [0.3, 0.4) is 0 Å². The Morgan fingerprint density at radius 2 is 1.49 bits per heavy atom. The van der Waals surface area contributed by atoms with Crippen LogP contribution in [0.5, 0.6) is 5.75 Å². The Morgan fingerprint density at radius 1 is 0.857 bits per heavy atom. The topological polar surface area (TPSA) is 117 Å². The summed E-state index contributed by atoms with van der Waals surface area (Å²) in [4.78, 5) is 12.5. The van der Waals surface area contributed by atoms with Crippen LogP contribution in [-0.2, 0) is 18.9 Å². The lowest BCUT2D eigenvalue weighted by Gasteiger charge is -2.23. The molecule has 35 heavy (non-hydrogen) atoms. The molecule has 0 aliphatic carbocycles. The maximum absolute atomic E-state index is 10.8. The molecule has 0 bridgehead atoms. The van der Waals surface area contributed by atoms with Gasteiger partial charge in [0.05, 0.1) is 64.0 Å². The van der Waals surface area contributed by atoms with Gasteiger partial charge in [0.2, 0.25) is 0 Å². The quantitative estimate of drug-likeness (QED) is 0.129. The molecule has 11 nitrogen and oxygen atoms in total. The SMILES string of the molecule is CCN(CCOCCOCCOCCOC)c1ccc(N=Nc2ccc([N+](=O)[O-])cc2)c(OC)c1. The molecule has 0 aliphatic rings. The van der Waals surface area contributed by atoms with Gasteiger partial charge in [-0.3, -0.25) is 10.1 Å². The maximum atomic E-state index is 10.8. The third kappa shape index (κ3) is 10.4. The summed E-state index contributed by atoms with van der Waals surface area (Å²) < 4.78 is 26.9. The van der Waals surface area contributed by atoms with Crippen LogP contribution in [0.1, 0.15) is 6.92 Å². The standard InChI is InChI=1S/C24H34N4O7/c1-4-27(11-12-33-15-16-35-18-17-34-14-13-31-2)22-9-10-23(24(19-22)32-3)26-25-20-5-7-21(8-6-20)28(29)30/h5-10,19H,4,11-18H2,1-3H3. The number of hydrogen-bond acceptors (Lipinski definition) is 10. The molecule has 0 unspecified atom stereocenters. The summed E-state index contributed by atoms with van der Waals surface area (Å²) in [6.07, 6.45) is 0. The normalized spacial score (nSPS) is 11.2. The van der Waals surface area contributed by atoms with Gasteiger partial charge in [-0.1, -0.05) is 0 Å². The van der Waals surface area contributed by atoms with Crippen molar-refractivity contribution in [2.45, 2.75) is 6.92 Å². The molecule has 11 heteroatoms. The van der Waals surface area contributed by atoms with E-state index in [1.165, 1.54) is 12.1 Å². The molecule has 0 saturated carbocycles. The number of azo groups is 1. The van der Waals surface area contributed by atoms with Crippen LogP contribution in [0.25, 0.3) is 0 Å². The smallest absolute Gasteiger partial charge is 0.269 e. The van der Waals surface area contributed by atoms with Gasteiger partial charge in [0.1, 0.15) is 11.4 Å². The van der Waals surface area contributed by atoms with Crippen molar-refractivity contribution < 1.29 is 28.6 Å². The van der Waals surface area contributed by atoms with Crippen LogP contribution in [0.15, 0.2) is 52.7 Å². The molecule has 0 fully saturated rings. The van der Waals surface area contributed by atoms with Gasteiger partial charge in [-0.2, -0.15) is 5.11 Å². The third-order valence-electron chi connectivity index (χ3n) is 4.93. The summed E-state index contributed by atoms with van der Waals surface area (Å²) >= 11 is 0. The molecule has 2 aromatic rings. The van der Waals surface area contributed by atoms with Gasteiger partial charge < -0.3 is 28.6 Å². The highest BCUT2D eigenvalue weighted by Gasteiger charge is 2.10. The lowest BCUT2D eigenvalue weighted by molar-refractivity contribution is -0.384. The van der Waals surface area contributed by atoms with Crippen molar-refractivity contribution in [3.05, 3.63) is 52.6 Å². The minimum atomic E-state index is -0.455. The Hall–Kier alpha value is -3.12. The fraction of sp³-hybridized carbons (Fsp3) is 0.500. The van der Waals surface area contributed by atoms with E-state index < -0.39 is 4.92 Å². The fourth-order valence-electron chi connectivity index (χ4n) is 3.03. The van der Waals surface area contributed by atoms with Crippen molar-refractivity contribution in [3.63, 3.8) is 0 Å². The molecule has 0 N–H and O–H groups in total. The van der Waals surface area contributed by atoms with Gasteiger partial charge in [-0.15, -0.1) is 5.11 Å². The first-order valence-corrected chi connectivity index (χ1v) is 11.4. The molecule has 0 radical (unpaired) electrons. The fourth-order valence-corrected chi connectivity index (χ4v) is 3.03. The highest BCUT2D eigenvalue weighted by Crippen LogP contribution is 2.33. The number of nitro benzene ring substituents is 1. The van der Waals surface area contributed by atoms with E-state index in [0.29, 0.717) is 69.9 Å². The molecule has 0 heterocycles. The molecule has 0 amide bonds.